The third-order valence-electron chi connectivity index (χ3n) is 3.07. The number of phenolic OH excluding ortho intramolecular Hbond substituents is 1. The molecule has 0 radical (unpaired) electrons. The van der Waals surface area contributed by atoms with Gasteiger partial charge in [-0.15, -0.1) is 0 Å². The summed E-state index contributed by atoms with van der Waals surface area (Å²) in [4.78, 5) is 4.43. The van der Waals surface area contributed by atoms with Crippen molar-refractivity contribution in [2.45, 2.75) is 0 Å². The first-order valence-corrected chi connectivity index (χ1v) is 6.33. The maximum atomic E-state index is 9.51. The van der Waals surface area contributed by atoms with Crippen molar-refractivity contribution in [1.82, 2.24) is 15.2 Å². The van der Waals surface area contributed by atoms with Crippen molar-refractivity contribution in [2.75, 3.05) is 12.8 Å². The van der Waals surface area contributed by atoms with Gasteiger partial charge < -0.3 is 15.6 Å². The van der Waals surface area contributed by atoms with Crippen LogP contribution in [-0.2, 0) is 0 Å². The number of nitrogens with zero attached hydrogens (tertiary/aromatic N) is 2. The lowest BCUT2D eigenvalue weighted by Crippen LogP contribution is -1.92. The van der Waals surface area contributed by atoms with Crippen LogP contribution in [0.2, 0.25) is 0 Å². The molecule has 0 saturated carbocycles. The molecular formula is C15H14N4O2. The van der Waals surface area contributed by atoms with Crippen molar-refractivity contribution in [2.24, 2.45) is 0 Å². The maximum absolute atomic E-state index is 9.51. The summed E-state index contributed by atoms with van der Waals surface area (Å²) in [7, 11) is 1.58. The van der Waals surface area contributed by atoms with Gasteiger partial charge in [0.25, 0.3) is 0 Å². The van der Waals surface area contributed by atoms with Crippen molar-refractivity contribution in [3.63, 3.8) is 0 Å². The highest BCUT2D eigenvalue weighted by Gasteiger charge is 2.12. The predicted molar refractivity (Wildman–Crippen MR) is 79.9 cm³/mol. The largest absolute Gasteiger partial charge is 0.508 e. The van der Waals surface area contributed by atoms with Crippen LogP contribution in [0.3, 0.4) is 0 Å². The van der Waals surface area contributed by atoms with Crippen LogP contribution in [0.1, 0.15) is 0 Å². The van der Waals surface area contributed by atoms with Crippen LogP contribution in [0.4, 0.5) is 5.69 Å². The zero-order valence-corrected chi connectivity index (χ0v) is 11.4. The van der Waals surface area contributed by atoms with E-state index in [4.69, 9.17) is 10.5 Å². The van der Waals surface area contributed by atoms with E-state index in [0.29, 0.717) is 23.1 Å². The van der Waals surface area contributed by atoms with Gasteiger partial charge in [0.15, 0.2) is 11.6 Å². The number of hydrogen-bond acceptors (Lipinski definition) is 5. The molecular weight excluding hydrogens is 268 g/mol. The van der Waals surface area contributed by atoms with E-state index in [1.165, 1.54) is 0 Å². The number of rotatable bonds is 3. The topological polar surface area (TPSA) is 97.1 Å². The molecule has 0 atom stereocenters. The number of anilines is 1. The molecule has 0 aliphatic heterocycles. The van der Waals surface area contributed by atoms with E-state index in [1.807, 2.05) is 6.07 Å². The first-order valence-electron chi connectivity index (χ1n) is 6.33. The van der Waals surface area contributed by atoms with E-state index in [1.54, 1.807) is 43.5 Å². The molecule has 4 N–H and O–H groups in total. The standard InChI is InChI=1S/C15H14N4O2/c1-21-13-6-5-10(16)8-12(13)15-17-14(18-19-15)9-3-2-4-11(20)7-9/h2-8,20H,16H2,1H3,(H,17,18,19). The van der Waals surface area contributed by atoms with Crippen molar-refractivity contribution >= 4 is 5.69 Å². The van der Waals surface area contributed by atoms with Gasteiger partial charge in [-0.3, -0.25) is 5.10 Å². The number of nitrogen functional groups attached to an aromatic ring is 1. The maximum Gasteiger partial charge on any atom is 0.181 e. The Kier molecular flexibility index (Phi) is 3.19. The summed E-state index contributed by atoms with van der Waals surface area (Å²) in [6, 6.07) is 12.1. The SMILES string of the molecule is COc1ccc(N)cc1-c1nc(-c2cccc(O)c2)n[nH]1. The number of aromatic amines is 1. The Hall–Kier alpha value is -3.02. The van der Waals surface area contributed by atoms with Crippen LogP contribution in [0.25, 0.3) is 22.8 Å². The van der Waals surface area contributed by atoms with Gasteiger partial charge in [0.05, 0.1) is 12.7 Å². The molecule has 1 heterocycles. The highest BCUT2D eigenvalue weighted by Crippen LogP contribution is 2.30. The van der Waals surface area contributed by atoms with Crippen LogP contribution in [0.5, 0.6) is 11.5 Å². The van der Waals surface area contributed by atoms with Gasteiger partial charge >= 0.3 is 0 Å². The average Bonchev–Trinajstić information content (AvgIpc) is 2.97. The molecule has 3 aromatic rings. The summed E-state index contributed by atoms with van der Waals surface area (Å²) in [6.45, 7) is 0. The number of nitrogens with one attached hydrogen (secondary N) is 1. The van der Waals surface area contributed by atoms with Crippen molar-refractivity contribution in [1.29, 1.82) is 0 Å². The summed E-state index contributed by atoms with van der Waals surface area (Å²) < 4.78 is 5.31. The van der Waals surface area contributed by atoms with Crippen LogP contribution < -0.4 is 10.5 Å². The fourth-order valence-electron chi connectivity index (χ4n) is 2.07. The van der Waals surface area contributed by atoms with Crippen molar-refractivity contribution in [3.8, 4) is 34.3 Å². The number of aromatic hydroxyl groups is 1. The van der Waals surface area contributed by atoms with Gasteiger partial charge in [-0.1, -0.05) is 12.1 Å². The lowest BCUT2D eigenvalue weighted by molar-refractivity contribution is 0.416. The lowest BCUT2D eigenvalue weighted by atomic mass is 10.1. The third kappa shape index (κ3) is 2.51. The number of hydrogen-bond donors (Lipinski definition) is 3. The number of benzene rings is 2. The Labute approximate surface area is 121 Å². The highest BCUT2D eigenvalue weighted by molar-refractivity contribution is 5.70. The molecule has 6 nitrogen and oxygen atoms in total. The minimum atomic E-state index is 0.167. The molecule has 0 aliphatic rings. The second-order valence-electron chi connectivity index (χ2n) is 4.52. The fourth-order valence-corrected chi connectivity index (χ4v) is 2.07. The molecule has 0 aliphatic carbocycles. The Morgan fingerprint density at radius 3 is 2.81 bits per heavy atom. The number of ether oxygens (including phenoxy) is 1. The zero-order valence-electron chi connectivity index (χ0n) is 11.4. The second kappa shape index (κ2) is 5.16. The summed E-state index contributed by atoms with van der Waals surface area (Å²) in [6.07, 6.45) is 0. The monoisotopic (exact) mass is 282 g/mol. The molecule has 0 unspecified atom stereocenters. The molecule has 0 fully saturated rings. The number of H-pyrrole nitrogens is 1. The molecule has 6 heteroatoms. The first kappa shape index (κ1) is 13.0. The Balaban J connectivity index is 2.04. The number of methoxy groups -OCH3 is 1. The molecule has 0 saturated heterocycles. The Bertz CT molecular complexity index is 783. The molecule has 2 aromatic carbocycles. The van der Waals surface area contributed by atoms with Crippen LogP contribution >= 0.6 is 0 Å². The fraction of sp³-hybridized carbons (Fsp3) is 0.0667. The van der Waals surface area contributed by atoms with E-state index >= 15 is 0 Å². The average molecular weight is 282 g/mol. The van der Waals surface area contributed by atoms with Crippen molar-refractivity contribution in [3.05, 3.63) is 42.5 Å². The molecule has 3 rings (SSSR count). The molecule has 0 bridgehead atoms. The van der Waals surface area contributed by atoms with Gasteiger partial charge in [-0.05, 0) is 30.3 Å². The smallest absolute Gasteiger partial charge is 0.181 e. The normalized spacial score (nSPS) is 10.5. The van der Waals surface area contributed by atoms with Gasteiger partial charge in [-0.2, -0.15) is 5.10 Å². The molecule has 21 heavy (non-hydrogen) atoms. The summed E-state index contributed by atoms with van der Waals surface area (Å²) in [5.41, 5.74) is 7.87. The molecule has 106 valence electrons. The first-order chi connectivity index (χ1) is 10.2. The zero-order chi connectivity index (χ0) is 14.8. The molecule has 0 spiro atoms. The molecule has 1 aromatic heterocycles. The van der Waals surface area contributed by atoms with E-state index in [0.717, 1.165) is 11.1 Å². The van der Waals surface area contributed by atoms with E-state index in [-0.39, 0.29) is 5.75 Å². The minimum Gasteiger partial charge on any atom is -0.508 e. The second-order valence-corrected chi connectivity index (χ2v) is 4.52. The lowest BCUT2D eigenvalue weighted by Gasteiger charge is -2.06. The Morgan fingerprint density at radius 2 is 2.05 bits per heavy atom. The number of aromatic nitrogens is 3. The summed E-state index contributed by atoms with van der Waals surface area (Å²) in [5.74, 6) is 1.87. The quantitative estimate of drug-likeness (QED) is 0.641. The van der Waals surface area contributed by atoms with Gasteiger partial charge in [-0.25, -0.2) is 4.98 Å². The van der Waals surface area contributed by atoms with Crippen LogP contribution in [0, 0.1) is 0 Å². The van der Waals surface area contributed by atoms with Crippen molar-refractivity contribution < 1.29 is 9.84 Å². The van der Waals surface area contributed by atoms with Gasteiger partial charge in [0, 0.05) is 11.3 Å². The van der Waals surface area contributed by atoms with E-state index in [2.05, 4.69) is 15.2 Å². The predicted octanol–water partition coefficient (Wildman–Crippen LogP) is 2.44. The third-order valence-corrected chi connectivity index (χ3v) is 3.07. The van der Waals surface area contributed by atoms with E-state index in [9.17, 15) is 5.11 Å². The van der Waals surface area contributed by atoms with Gasteiger partial charge in [0.1, 0.15) is 11.5 Å². The van der Waals surface area contributed by atoms with Crippen LogP contribution in [0.15, 0.2) is 42.5 Å². The van der Waals surface area contributed by atoms with E-state index < -0.39 is 0 Å². The summed E-state index contributed by atoms with van der Waals surface area (Å²) >= 11 is 0. The number of phenols is 1. The Morgan fingerprint density at radius 1 is 1.19 bits per heavy atom. The molecule has 0 amide bonds. The number of nitrogens with two attached hydrogens (primary N) is 1. The highest BCUT2D eigenvalue weighted by atomic mass is 16.5. The summed E-state index contributed by atoms with van der Waals surface area (Å²) in [5, 5.41) is 16.5. The minimum absolute atomic E-state index is 0.167. The van der Waals surface area contributed by atoms with Crippen LogP contribution in [-0.4, -0.2) is 27.4 Å². The van der Waals surface area contributed by atoms with Gasteiger partial charge in [0.2, 0.25) is 0 Å².